The van der Waals surface area contributed by atoms with Crippen molar-refractivity contribution in [1.29, 1.82) is 0 Å². The summed E-state index contributed by atoms with van der Waals surface area (Å²) in [6, 6.07) is 7.61. The average molecular weight is 280 g/mol. The molecule has 3 N–H and O–H groups in total. The summed E-state index contributed by atoms with van der Waals surface area (Å²) >= 11 is 0. The van der Waals surface area contributed by atoms with Crippen molar-refractivity contribution in [2.24, 2.45) is 10.2 Å². The molecule has 2 heterocycles. The molecule has 0 saturated heterocycles. The molecule has 6 heteroatoms. The maximum Gasteiger partial charge on any atom is 0.227 e. The zero-order valence-corrected chi connectivity index (χ0v) is 11.7. The Morgan fingerprint density at radius 1 is 1.24 bits per heavy atom. The highest BCUT2D eigenvalue weighted by Gasteiger charge is 2.13. The number of benzene rings is 1. The minimum atomic E-state index is 0.146. The fourth-order valence-corrected chi connectivity index (χ4v) is 2.12. The van der Waals surface area contributed by atoms with Crippen molar-refractivity contribution in [1.82, 2.24) is 9.97 Å². The normalized spacial score (nSPS) is 16.9. The maximum absolute atomic E-state index is 5.82. The van der Waals surface area contributed by atoms with Crippen LogP contribution in [-0.2, 0) is 0 Å². The van der Waals surface area contributed by atoms with Gasteiger partial charge in [-0.2, -0.15) is 10.2 Å². The fraction of sp³-hybridized carbons (Fsp3) is 0.200. The van der Waals surface area contributed by atoms with Gasteiger partial charge in [0.15, 0.2) is 0 Å². The van der Waals surface area contributed by atoms with Crippen molar-refractivity contribution in [2.45, 2.75) is 19.3 Å². The first-order chi connectivity index (χ1) is 10.2. The van der Waals surface area contributed by atoms with Crippen LogP contribution in [0, 0.1) is 6.92 Å². The zero-order chi connectivity index (χ0) is 14.7. The Morgan fingerprint density at radius 2 is 2.14 bits per heavy atom. The van der Waals surface area contributed by atoms with Crippen molar-refractivity contribution in [3.8, 4) is 0 Å². The molecule has 0 spiro atoms. The van der Waals surface area contributed by atoms with Gasteiger partial charge in [0.05, 0.1) is 5.69 Å². The van der Waals surface area contributed by atoms with Gasteiger partial charge in [-0.15, -0.1) is 0 Å². The van der Waals surface area contributed by atoms with Gasteiger partial charge >= 0.3 is 0 Å². The Bertz CT molecular complexity index is 707. The van der Waals surface area contributed by atoms with Crippen LogP contribution in [0.1, 0.15) is 23.6 Å². The largest absolute Gasteiger partial charge is 0.399 e. The number of nitrogen functional groups attached to an aromatic ring is 1. The Hall–Kier alpha value is -2.76. The van der Waals surface area contributed by atoms with Crippen molar-refractivity contribution < 1.29 is 0 Å². The van der Waals surface area contributed by atoms with E-state index in [2.05, 4.69) is 25.5 Å². The lowest BCUT2D eigenvalue weighted by molar-refractivity contribution is 0.880. The highest BCUT2D eigenvalue weighted by atomic mass is 15.2. The van der Waals surface area contributed by atoms with Crippen LogP contribution in [0.5, 0.6) is 0 Å². The maximum atomic E-state index is 5.82. The number of nitrogens with one attached hydrogen (secondary N) is 1. The molecule has 0 fully saturated rings. The van der Waals surface area contributed by atoms with E-state index in [1.807, 2.05) is 31.2 Å². The number of nitrogens with zero attached hydrogens (tertiary/aromatic N) is 4. The number of anilines is 3. The third-order valence-electron chi connectivity index (χ3n) is 3.32. The number of aromatic nitrogens is 2. The number of nitrogens with two attached hydrogens (primary N) is 1. The van der Waals surface area contributed by atoms with E-state index in [9.17, 15) is 0 Å². The van der Waals surface area contributed by atoms with Crippen LogP contribution >= 0.6 is 0 Å². The van der Waals surface area contributed by atoms with Crippen molar-refractivity contribution >= 4 is 29.8 Å². The molecular weight excluding hydrogens is 264 g/mol. The minimum Gasteiger partial charge on any atom is -0.399 e. The number of rotatable bonds is 3. The number of hydrogen-bond acceptors (Lipinski definition) is 6. The summed E-state index contributed by atoms with van der Waals surface area (Å²) in [5.41, 5.74) is 9.44. The average Bonchev–Trinajstić information content (AvgIpc) is 2.52. The predicted octanol–water partition coefficient (Wildman–Crippen LogP) is 2.65. The van der Waals surface area contributed by atoms with Gasteiger partial charge in [0, 0.05) is 35.9 Å². The summed E-state index contributed by atoms with van der Waals surface area (Å²) in [6.45, 7) is 2.01. The Kier molecular flexibility index (Phi) is 3.59. The molecule has 1 atom stereocenters. The topological polar surface area (TPSA) is 88.5 Å². The van der Waals surface area contributed by atoms with Gasteiger partial charge in [-0.05, 0) is 37.1 Å². The van der Waals surface area contributed by atoms with Crippen molar-refractivity contribution in [3.63, 3.8) is 0 Å². The van der Waals surface area contributed by atoms with E-state index < -0.39 is 0 Å². The molecule has 1 unspecified atom stereocenters. The summed E-state index contributed by atoms with van der Waals surface area (Å²) in [6.07, 6.45) is 6.14. The quantitative estimate of drug-likeness (QED) is 0.846. The molecule has 0 bridgehead atoms. The summed E-state index contributed by atoms with van der Waals surface area (Å²) in [7, 11) is 0. The van der Waals surface area contributed by atoms with Crippen LogP contribution in [-0.4, -0.2) is 22.4 Å². The van der Waals surface area contributed by atoms with Crippen LogP contribution < -0.4 is 11.1 Å². The van der Waals surface area contributed by atoms with E-state index in [1.54, 1.807) is 18.6 Å². The third-order valence-corrected chi connectivity index (χ3v) is 3.32. The van der Waals surface area contributed by atoms with Crippen LogP contribution in [0.15, 0.2) is 40.7 Å². The molecule has 6 nitrogen and oxygen atoms in total. The van der Waals surface area contributed by atoms with Gasteiger partial charge in [-0.3, -0.25) is 0 Å². The lowest BCUT2D eigenvalue weighted by Gasteiger charge is -2.13. The van der Waals surface area contributed by atoms with Crippen LogP contribution in [0.25, 0.3) is 0 Å². The molecule has 3 rings (SSSR count). The van der Waals surface area contributed by atoms with Crippen molar-refractivity contribution in [2.75, 3.05) is 11.1 Å². The van der Waals surface area contributed by atoms with Gasteiger partial charge in [0.2, 0.25) is 5.95 Å². The summed E-state index contributed by atoms with van der Waals surface area (Å²) in [4.78, 5) is 8.81. The first kappa shape index (κ1) is 13.2. The molecule has 0 radical (unpaired) electrons. The second kappa shape index (κ2) is 5.70. The zero-order valence-electron chi connectivity index (χ0n) is 11.7. The van der Waals surface area contributed by atoms with E-state index in [4.69, 9.17) is 5.73 Å². The van der Waals surface area contributed by atoms with E-state index in [0.717, 1.165) is 23.4 Å². The molecule has 1 aromatic carbocycles. The van der Waals surface area contributed by atoms with Gasteiger partial charge < -0.3 is 11.1 Å². The van der Waals surface area contributed by atoms with Crippen molar-refractivity contribution in [3.05, 3.63) is 41.7 Å². The molecule has 0 amide bonds. The van der Waals surface area contributed by atoms with Gasteiger partial charge in [-0.1, -0.05) is 6.07 Å². The first-order valence-electron chi connectivity index (χ1n) is 6.73. The first-order valence-corrected chi connectivity index (χ1v) is 6.73. The monoisotopic (exact) mass is 280 g/mol. The van der Waals surface area contributed by atoms with Gasteiger partial charge in [-0.25, -0.2) is 9.97 Å². The SMILES string of the molecule is Cc1ccc(N)cc1Nc1nccc(C2C=NN=CC2)n1. The molecule has 1 aliphatic rings. The lowest BCUT2D eigenvalue weighted by atomic mass is 10.0. The molecule has 1 aliphatic heterocycles. The fourth-order valence-electron chi connectivity index (χ4n) is 2.12. The van der Waals surface area contributed by atoms with Gasteiger partial charge in [0.25, 0.3) is 0 Å². The predicted molar refractivity (Wildman–Crippen MR) is 85.2 cm³/mol. The van der Waals surface area contributed by atoms with E-state index >= 15 is 0 Å². The molecule has 21 heavy (non-hydrogen) atoms. The Labute approximate surface area is 122 Å². The van der Waals surface area contributed by atoms with Gasteiger partial charge in [0.1, 0.15) is 0 Å². The molecule has 0 aliphatic carbocycles. The Morgan fingerprint density at radius 3 is 2.95 bits per heavy atom. The second-order valence-electron chi connectivity index (χ2n) is 4.91. The molecule has 1 aromatic heterocycles. The number of aryl methyl sites for hydroxylation is 1. The molecular formula is C15H16N6. The lowest BCUT2D eigenvalue weighted by Crippen LogP contribution is -2.08. The summed E-state index contributed by atoms with van der Waals surface area (Å²) < 4.78 is 0. The molecule has 2 aromatic rings. The summed E-state index contributed by atoms with van der Waals surface area (Å²) in [5.74, 6) is 0.699. The minimum absolute atomic E-state index is 0.146. The summed E-state index contributed by atoms with van der Waals surface area (Å²) in [5, 5.41) is 11.0. The molecule has 0 saturated carbocycles. The smallest absolute Gasteiger partial charge is 0.227 e. The highest BCUT2D eigenvalue weighted by Crippen LogP contribution is 2.22. The standard InChI is InChI=1S/C15H16N6/c1-10-2-3-12(16)8-14(10)21-15-17-6-5-13(20-15)11-4-7-18-19-9-11/h2-3,5-9,11H,4,16H2,1H3,(H,17,20,21). The van der Waals surface area contributed by atoms with Crippen LogP contribution in [0.3, 0.4) is 0 Å². The van der Waals surface area contributed by atoms with Crippen LogP contribution in [0.4, 0.5) is 17.3 Å². The third kappa shape index (κ3) is 3.05. The van der Waals surface area contributed by atoms with E-state index in [-0.39, 0.29) is 5.92 Å². The van der Waals surface area contributed by atoms with E-state index in [0.29, 0.717) is 11.6 Å². The molecule has 106 valence electrons. The van der Waals surface area contributed by atoms with Crippen LogP contribution in [0.2, 0.25) is 0 Å². The second-order valence-corrected chi connectivity index (χ2v) is 4.91. The Balaban J connectivity index is 1.84. The van der Waals surface area contributed by atoms with E-state index in [1.165, 1.54) is 0 Å². The number of hydrogen-bond donors (Lipinski definition) is 2. The highest BCUT2D eigenvalue weighted by molar-refractivity contribution is 5.76.